The average Bonchev–Trinajstić information content (AvgIpc) is 3.49. The second-order valence-corrected chi connectivity index (χ2v) is 9.01. The molecule has 5 rings (SSSR count). The normalized spacial score (nSPS) is 25.7. The Morgan fingerprint density at radius 3 is 2.80 bits per heavy atom. The second-order valence-electron chi connectivity index (χ2n) is 9.01. The Morgan fingerprint density at radius 1 is 1.27 bits per heavy atom. The van der Waals surface area contributed by atoms with E-state index >= 15 is 0 Å². The largest absolute Gasteiger partial charge is 0.401 e. The van der Waals surface area contributed by atoms with Gasteiger partial charge in [-0.2, -0.15) is 0 Å². The van der Waals surface area contributed by atoms with Crippen LogP contribution in [0.3, 0.4) is 0 Å². The van der Waals surface area contributed by atoms with Crippen molar-refractivity contribution >= 4 is 28.5 Å². The summed E-state index contributed by atoms with van der Waals surface area (Å²) in [5.41, 5.74) is 12.0. The standard InChI is InChI=1S/C23H30N6O/c1-28-6-7-29(14-28)18-4-5-20-21(10-18)27-22(12-26-20)19(23(24)16-2-3-16)11-25-17-8-15(9-17)13-30/h4-5,10-12,15-17,30H,2-3,6-9,13-14,24H2,1H3. The summed E-state index contributed by atoms with van der Waals surface area (Å²) < 4.78 is 0. The van der Waals surface area contributed by atoms with E-state index in [0.717, 1.165) is 73.4 Å². The number of likely N-dealkylation sites (N-methyl/N-ethyl adjacent to an activating group) is 1. The summed E-state index contributed by atoms with van der Waals surface area (Å²) in [6.07, 6.45) is 7.88. The molecular weight excluding hydrogens is 376 g/mol. The molecule has 7 nitrogen and oxygen atoms in total. The van der Waals surface area contributed by atoms with E-state index in [9.17, 15) is 5.11 Å². The van der Waals surface area contributed by atoms with Gasteiger partial charge in [0.2, 0.25) is 0 Å². The van der Waals surface area contributed by atoms with E-state index in [2.05, 4.69) is 34.0 Å². The number of fused-ring (bicyclic) bond motifs is 1. The quantitative estimate of drug-likeness (QED) is 0.715. The minimum atomic E-state index is 0.254. The maximum atomic E-state index is 9.24. The third kappa shape index (κ3) is 3.91. The van der Waals surface area contributed by atoms with Crippen LogP contribution in [0.1, 0.15) is 31.4 Å². The molecule has 0 spiro atoms. The van der Waals surface area contributed by atoms with Gasteiger partial charge < -0.3 is 15.7 Å². The maximum absolute atomic E-state index is 9.24. The number of aromatic nitrogens is 2. The van der Waals surface area contributed by atoms with E-state index in [1.54, 1.807) is 0 Å². The summed E-state index contributed by atoms with van der Waals surface area (Å²) in [6, 6.07) is 6.58. The van der Waals surface area contributed by atoms with Crippen molar-refractivity contribution in [2.45, 2.75) is 31.7 Å². The zero-order valence-electron chi connectivity index (χ0n) is 17.5. The first kappa shape index (κ1) is 19.5. The van der Waals surface area contributed by atoms with Crippen LogP contribution in [0.25, 0.3) is 16.6 Å². The predicted molar refractivity (Wildman–Crippen MR) is 120 cm³/mol. The number of rotatable bonds is 6. The van der Waals surface area contributed by atoms with Gasteiger partial charge in [-0.25, -0.2) is 4.98 Å². The van der Waals surface area contributed by atoms with Gasteiger partial charge in [0.25, 0.3) is 0 Å². The van der Waals surface area contributed by atoms with Gasteiger partial charge in [0.15, 0.2) is 0 Å². The lowest BCUT2D eigenvalue weighted by atomic mass is 9.81. The summed E-state index contributed by atoms with van der Waals surface area (Å²) in [4.78, 5) is 19.0. The Kier molecular flexibility index (Phi) is 5.16. The molecule has 2 aromatic rings. The van der Waals surface area contributed by atoms with Gasteiger partial charge in [-0.1, -0.05) is 0 Å². The van der Waals surface area contributed by atoms with Crippen LogP contribution in [0.15, 0.2) is 35.1 Å². The molecule has 3 aliphatic rings. The number of nitrogens with two attached hydrogens (primary N) is 1. The Balaban J connectivity index is 1.45. The van der Waals surface area contributed by atoms with Crippen molar-refractivity contribution in [3.63, 3.8) is 0 Å². The molecule has 0 radical (unpaired) electrons. The first-order chi connectivity index (χ1) is 14.6. The molecule has 1 aliphatic heterocycles. The number of hydrogen-bond acceptors (Lipinski definition) is 7. The second kappa shape index (κ2) is 7.96. The minimum Gasteiger partial charge on any atom is -0.401 e. The van der Waals surface area contributed by atoms with E-state index in [1.165, 1.54) is 5.69 Å². The smallest absolute Gasteiger partial charge is 0.0925 e. The minimum absolute atomic E-state index is 0.254. The third-order valence-electron chi connectivity index (χ3n) is 6.54. The van der Waals surface area contributed by atoms with E-state index in [0.29, 0.717) is 11.8 Å². The predicted octanol–water partition coefficient (Wildman–Crippen LogP) is 2.26. The Labute approximate surface area is 177 Å². The van der Waals surface area contributed by atoms with Crippen molar-refractivity contribution < 1.29 is 5.11 Å². The molecule has 30 heavy (non-hydrogen) atoms. The van der Waals surface area contributed by atoms with Crippen LogP contribution >= 0.6 is 0 Å². The third-order valence-corrected chi connectivity index (χ3v) is 6.54. The molecule has 3 fully saturated rings. The molecule has 0 bridgehead atoms. The summed E-state index contributed by atoms with van der Waals surface area (Å²) in [6.45, 7) is 3.28. The first-order valence-corrected chi connectivity index (χ1v) is 10.9. The number of allylic oxidation sites excluding steroid dienone is 2. The molecule has 2 saturated carbocycles. The number of benzene rings is 1. The molecule has 0 amide bonds. The van der Waals surface area contributed by atoms with Gasteiger partial charge in [0.1, 0.15) is 0 Å². The van der Waals surface area contributed by atoms with E-state index < -0.39 is 0 Å². The zero-order chi connectivity index (χ0) is 20.7. The van der Waals surface area contributed by atoms with Crippen LogP contribution in [0.4, 0.5) is 5.69 Å². The van der Waals surface area contributed by atoms with Crippen LogP contribution < -0.4 is 10.6 Å². The highest BCUT2D eigenvalue weighted by Crippen LogP contribution is 2.37. The van der Waals surface area contributed by atoms with Crippen molar-refractivity contribution in [1.82, 2.24) is 14.9 Å². The van der Waals surface area contributed by atoms with Gasteiger partial charge in [-0.3, -0.25) is 14.9 Å². The lowest BCUT2D eigenvalue weighted by Gasteiger charge is -2.30. The Bertz CT molecular complexity index is 992. The molecule has 0 unspecified atom stereocenters. The lowest BCUT2D eigenvalue weighted by molar-refractivity contribution is 0.145. The number of aliphatic imine (C=N–C) groups is 1. The topological polar surface area (TPSA) is 90.9 Å². The maximum Gasteiger partial charge on any atom is 0.0925 e. The van der Waals surface area contributed by atoms with Crippen molar-refractivity contribution in [1.29, 1.82) is 0 Å². The molecule has 3 N–H and O–H groups in total. The number of nitrogens with zero attached hydrogens (tertiary/aromatic N) is 5. The molecule has 158 valence electrons. The summed E-state index contributed by atoms with van der Waals surface area (Å²) in [5, 5.41) is 9.24. The monoisotopic (exact) mass is 406 g/mol. The van der Waals surface area contributed by atoms with Gasteiger partial charge in [-0.15, -0.1) is 0 Å². The highest BCUT2D eigenvalue weighted by Gasteiger charge is 2.29. The number of anilines is 1. The van der Waals surface area contributed by atoms with Crippen LogP contribution in [0.5, 0.6) is 0 Å². The number of hydrogen-bond donors (Lipinski definition) is 2. The number of aliphatic hydroxyl groups is 1. The van der Waals surface area contributed by atoms with Gasteiger partial charge in [0, 0.05) is 42.9 Å². The molecule has 1 aromatic heterocycles. The Hall–Kier alpha value is -2.51. The fourth-order valence-corrected chi connectivity index (χ4v) is 4.32. The highest BCUT2D eigenvalue weighted by molar-refractivity contribution is 6.10. The van der Waals surface area contributed by atoms with Gasteiger partial charge in [0.05, 0.1) is 35.6 Å². The fraction of sp³-hybridized carbons (Fsp3) is 0.522. The highest BCUT2D eigenvalue weighted by atomic mass is 16.3. The van der Waals surface area contributed by atoms with Crippen molar-refractivity contribution in [3.05, 3.63) is 35.8 Å². The van der Waals surface area contributed by atoms with Crippen molar-refractivity contribution in [3.8, 4) is 0 Å². The molecular formula is C23H30N6O. The molecule has 2 heterocycles. The summed E-state index contributed by atoms with van der Waals surface area (Å²) in [7, 11) is 2.14. The first-order valence-electron chi connectivity index (χ1n) is 10.9. The average molecular weight is 407 g/mol. The van der Waals surface area contributed by atoms with E-state index in [1.807, 2.05) is 18.5 Å². The zero-order valence-corrected chi connectivity index (χ0v) is 17.5. The van der Waals surface area contributed by atoms with Crippen molar-refractivity contribution in [2.75, 3.05) is 38.3 Å². The molecule has 1 aromatic carbocycles. The van der Waals surface area contributed by atoms with E-state index in [-0.39, 0.29) is 12.6 Å². The summed E-state index contributed by atoms with van der Waals surface area (Å²) >= 11 is 0. The Morgan fingerprint density at radius 2 is 2.10 bits per heavy atom. The molecule has 7 heteroatoms. The number of aliphatic hydroxyl groups excluding tert-OH is 1. The molecule has 1 saturated heterocycles. The summed E-state index contributed by atoms with van der Waals surface area (Å²) in [5.74, 6) is 0.825. The molecule has 2 aliphatic carbocycles. The van der Waals surface area contributed by atoms with Crippen LogP contribution in [0, 0.1) is 11.8 Å². The SMILES string of the molecule is CN1CCN(c2ccc3ncc(C(C=NC4CC(CO)C4)=C(N)C4CC4)nc3c2)C1. The van der Waals surface area contributed by atoms with Gasteiger partial charge in [-0.05, 0) is 62.8 Å². The lowest BCUT2D eigenvalue weighted by Crippen LogP contribution is -2.29. The van der Waals surface area contributed by atoms with Crippen molar-refractivity contribution in [2.24, 2.45) is 22.6 Å². The molecule has 0 atom stereocenters. The van der Waals surface area contributed by atoms with Crippen LogP contribution in [-0.4, -0.2) is 65.6 Å². The van der Waals surface area contributed by atoms with Gasteiger partial charge >= 0.3 is 0 Å². The van der Waals surface area contributed by atoms with Crippen LogP contribution in [-0.2, 0) is 0 Å². The fourth-order valence-electron chi connectivity index (χ4n) is 4.32. The van der Waals surface area contributed by atoms with E-state index in [4.69, 9.17) is 15.7 Å². The van der Waals surface area contributed by atoms with Crippen LogP contribution in [0.2, 0.25) is 0 Å².